The maximum absolute atomic E-state index is 12.6. The molecular weight excluding hydrogens is 330 g/mol. The number of aromatic nitrogens is 1. The molecule has 0 bridgehead atoms. The Hall–Kier alpha value is -2.71. The van der Waals surface area contributed by atoms with Gasteiger partial charge in [-0.2, -0.15) is 0 Å². The number of nitrogens with zero attached hydrogens (tertiary/aromatic N) is 3. The van der Waals surface area contributed by atoms with E-state index in [1.54, 1.807) is 13.8 Å². The summed E-state index contributed by atoms with van der Waals surface area (Å²) in [6.45, 7) is 5.03. The van der Waals surface area contributed by atoms with Gasteiger partial charge in [0.2, 0.25) is 0 Å². The number of hydrogen-bond donors (Lipinski definition) is 0. The third kappa shape index (κ3) is 4.23. The molecule has 0 N–H and O–H groups in total. The van der Waals surface area contributed by atoms with Gasteiger partial charge in [-0.3, -0.25) is 14.5 Å². The topological polar surface area (TPSA) is 112 Å². The summed E-state index contributed by atoms with van der Waals surface area (Å²) in [5.74, 6) is -1.39. The average molecular weight is 351 g/mol. The predicted octanol–water partition coefficient (Wildman–Crippen LogP) is 2.23. The molecule has 0 radical (unpaired) electrons. The van der Waals surface area contributed by atoms with Crippen molar-refractivity contribution < 1.29 is 24.0 Å². The fraction of sp³-hybridized carbons (Fsp3) is 0.562. The molecule has 2 rings (SSSR count). The first-order valence-corrected chi connectivity index (χ1v) is 8.08. The van der Waals surface area contributed by atoms with E-state index in [9.17, 15) is 19.7 Å². The number of esters is 1. The van der Waals surface area contributed by atoms with Gasteiger partial charge >= 0.3 is 11.8 Å². The minimum absolute atomic E-state index is 0.0518. The summed E-state index contributed by atoms with van der Waals surface area (Å²) in [4.78, 5) is 39.8. The van der Waals surface area contributed by atoms with Crippen molar-refractivity contribution in [2.75, 3.05) is 18.1 Å². The predicted molar refractivity (Wildman–Crippen MR) is 88.4 cm³/mol. The molecule has 0 saturated heterocycles. The number of hydrogen-bond acceptors (Lipinski definition) is 7. The molecule has 1 amide bonds. The second kappa shape index (κ2) is 7.45. The molecule has 9 nitrogen and oxygen atoms in total. The van der Waals surface area contributed by atoms with Crippen LogP contribution in [0, 0.1) is 10.1 Å². The lowest BCUT2D eigenvalue weighted by atomic mass is 10.1. The van der Waals surface area contributed by atoms with Crippen LogP contribution in [0.1, 0.15) is 40.0 Å². The van der Waals surface area contributed by atoms with Crippen LogP contribution in [0.2, 0.25) is 0 Å². The van der Waals surface area contributed by atoms with E-state index in [1.807, 2.05) is 6.92 Å². The van der Waals surface area contributed by atoms with Crippen molar-refractivity contribution in [3.8, 4) is 5.75 Å². The van der Waals surface area contributed by atoms with Crippen LogP contribution in [-0.4, -0.2) is 40.5 Å². The third-order valence-corrected chi connectivity index (χ3v) is 3.69. The van der Waals surface area contributed by atoms with Gasteiger partial charge in [0, 0.05) is 6.07 Å². The molecule has 136 valence electrons. The van der Waals surface area contributed by atoms with E-state index in [0.29, 0.717) is 0 Å². The van der Waals surface area contributed by atoms with Crippen LogP contribution in [0.3, 0.4) is 0 Å². The van der Waals surface area contributed by atoms with Crippen LogP contribution in [0.5, 0.6) is 5.75 Å². The van der Waals surface area contributed by atoms with Crippen molar-refractivity contribution in [2.24, 2.45) is 0 Å². The molecule has 0 spiro atoms. The number of carbonyl (C=O) groups is 2. The van der Waals surface area contributed by atoms with Gasteiger partial charge in [0.05, 0.1) is 6.61 Å². The van der Waals surface area contributed by atoms with E-state index in [-0.39, 0.29) is 24.7 Å². The molecule has 9 heteroatoms. The maximum Gasteiger partial charge on any atom is 0.366 e. The molecule has 0 atom stereocenters. The normalized spacial score (nSPS) is 15.3. The van der Waals surface area contributed by atoms with Crippen molar-refractivity contribution in [1.82, 2.24) is 4.98 Å². The van der Waals surface area contributed by atoms with Crippen LogP contribution in [0.25, 0.3) is 0 Å². The first-order chi connectivity index (χ1) is 11.8. The summed E-state index contributed by atoms with van der Waals surface area (Å²) >= 11 is 0. The van der Waals surface area contributed by atoms with Crippen molar-refractivity contribution in [1.29, 1.82) is 0 Å². The Labute approximate surface area is 145 Å². The minimum Gasteiger partial charge on any atom is -0.472 e. The van der Waals surface area contributed by atoms with E-state index in [0.717, 1.165) is 24.2 Å². The number of nitro groups is 1. The van der Waals surface area contributed by atoms with Gasteiger partial charge in [0.15, 0.2) is 11.4 Å². The van der Waals surface area contributed by atoms with Gasteiger partial charge in [-0.05, 0) is 36.2 Å². The van der Waals surface area contributed by atoms with Crippen LogP contribution in [-0.2, 0) is 14.3 Å². The Kier molecular flexibility index (Phi) is 5.55. The van der Waals surface area contributed by atoms with E-state index in [4.69, 9.17) is 9.47 Å². The summed E-state index contributed by atoms with van der Waals surface area (Å²) in [5.41, 5.74) is -1.21. The molecule has 1 aromatic heterocycles. The summed E-state index contributed by atoms with van der Waals surface area (Å²) in [7, 11) is 0. The van der Waals surface area contributed by atoms with E-state index in [2.05, 4.69) is 4.98 Å². The third-order valence-electron chi connectivity index (χ3n) is 3.69. The Morgan fingerprint density at radius 2 is 2.12 bits per heavy atom. The number of fused-ring (bicyclic) bond motifs is 1. The smallest absolute Gasteiger partial charge is 0.366 e. The molecular formula is C16H21N3O6. The molecule has 0 unspecified atom stereocenters. The van der Waals surface area contributed by atoms with E-state index >= 15 is 0 Å². The zero-order valence-corrected chi connectivity index (χ0v) is 14.5. The summed E-state index contributed by atoms with van der Waals surface area (Å²) in [6, 6.07) is 2.56. The highest BCUT2D eigenvalue weighted by Gasteiger charge is 2.45. The van der Waals surface area contributed by atoms with Crippen molar-refractivity contribution in [3.05, 3.63) is 22.2 Å². The van der Waals surface area contributed by atoms with Crippen LogP contribution in [0.4, 0.5) is 11.6 Å². The Morgan fingerprint density at radius 1 is 1.40 bits per heavy atom. The Morgan fingerprint density at radius 3 is 2.76 bits per heavy atom. The van der Waals surface area contributed by atoms with Gasteiger partial charge in [-0.1, -0.05) is 19.8 Å². The zero-order valence-electron chi connectivity index (χ0n) is 14.5. The molecule has 1 aromatic rings. The minimum atomic E-state index is -1.21. The van der Waals surface area contributed by atoms with Gasteiger partial charge < -0.3 is 19.6 Å². The van der Waals surface area contributed by atoms with Gasteiger partial charge in [0.1, 0.15) is 6.54 Å². The second-order valence-electron chi connectivity index (χ2n) is 6.18. The van der Waals surface area contributed by atoms with Gasteiger partial charge in [0.25, 0.3) is 11.7 Å². The molecule has 0 aliphatic carbocycles. The summed E-state index contributed by atoms with van der Waals surface area (Å²) in [6.07, 6.45) is 2.67. The number of ether oxygens (including phenoxy) is 2. The average Bonchev–Trinajstić information content (AvgIpc) is 2.55. The number of anilines is 1. The van der Waals surface area contributed by atoms with E-state index < -0.39 is 28.2 Å². The second-order valence-corrected chi connectivity index (χ2v) is 6.18. The highest BCUT2D eigenvalue weighted by atomic mass is 16.6. The quantitative estimate of drug-likeness (QED) is 0.320. The number of unbranched alkanes of at least 4 members (excludes halogenated alkanes) is 2. The highest BCUT2D eigenvalue weighted by Crippen LogP contribution is 2.37. The Balaban J connectivity index is 2.23. The van der Waals surface area contributed by atoms with Crippen molar-refractivity contribution in [2.45, 2.75) is 45.6 Å². The molecule has 2 heterocycles. The Bertz CT molecular complexity index is 688. The van der Waals surface area contributed by atoms with Gasteiger partial charge in [-0.25, -0.2) is 0 Å². The largest absolute Gasteiger partial charge is 0.472 e. The zero-order chi connectivity index (χ0) is 18.6. The fourth-order valence-electron chi connectivity index (χ4n) is 2.40. The molecule has 0 aromatic carbocycles. The highest BCUT2D eigenvalue weighted by molar-refractivity contribution is 6.04. The lowest BCUT2D eigenvalue weighted by Crippen LogP contribution is -2.54. The summed E-state index contributed by atoms with van der Waals surface area (Å²) < 4.78 is 10.7. The standard InChI is InChI=1S/C16H21N3O6/c1-4-5-6-9-24-13(20)10-18-14-11(25-16(2,3)15(18)21)7-8-12(17-14)19(22)23/h7-8H,4-6,9-10H2,1-3H3. The summed E-state index contributed by atoms with van der Waals surface area (Å²) in [5, 5.41) is 10.9. The molecule has 0 saturated carbocycles. The number of rotatable bonds is 7. The van der Waals surface area contributed by atoms with Crippen molar-refractivity contribution in [3.63, 3.8) is 0 Å². The number of carbonyl (C=O) groups excluding carboxylic acids is 2. The lowest BCUT2D eigenvalue weighted by molar-refractivity contribution is -0.389. The van der Waals surface area contributed by atoms with Crippen molar-refractivity contribution >= 4 is 23.5 Å². The first-order valence-electron chi connectivity index (χ1n) is 8.08. The maximum atomic E-state index is 12.6. The van der Waals surface area contributed by atoms with Crippen LogP contribution < -0.4 is 9.64 Å². The van der Waals surface area contributed by atoms with E-state index in [1.165, 1.54) is 12.1 Å². The number of amides is 1. The van der Waals surface area contributed by atoms with Crippen LogP contribution >= 0.6 is 0 Å². The molecule has 1 aliphatic heterocycles. The monoisotopic (exact) mass is 351 g/mol. The number of pyridine rings is 1. The van der Waals surface area contributed by atoms with Crippen LogP contribution in [0.15, 0.2) is 12.1 Å². The SMILES string of the molecule is CCCCCOC(=O)CN1C(=O)C(C)(C)Oc2ccc([N+](=O)[O-])nc21. The first kappa shape index (κ1) is 18.6. The fourth-order valence-corrected chi connectivity index (χ4v) is 2.40. The molecule has 25 heavy (non-hydrogen) atoms. The lowest BCUT2D eigenvalue weighted by Gasteiger charge is -2.35. The molecule has 1 aliphatic rings. The van der Waals surface area contributed by atoms with Gasteiger partial charge in [-0.15, -0.1) is 0 Å². The molecule has 0 fully saturated rings.